The number of sulfonamides is 1. The lowest BCUT2D eigenvalue weighted by molar-refractivity contribution is -0.137. The fourth-order valence-corrected chi connectivity index (χ4v) is 4.05. The molecule has 0 atom stereocenters. The number of rotatable bonds is 7. The van der Waals surface area contributed by atoms with Crippen LogP contribution < -0.4 is 14.8 Å². The number of carbonyl (C=O) groups excluding carboxylic acids is 1. The molecule has 2 heterocycles. The molecular formula is C22H18ClF3N4O4S. The first-order valence-corrected chi connectivity index (χ1v) is 11.7. The fraction of sp³-hybridized carbons (Fsp3) is 0.136. The smallest absolute Gasteiger partial charge is 0.417 e. The molecule has 0 radical (unpaired) electrons. The summed E-state index contributed by atoms with van der Waals surface area (Å²) < 4.78 is 73.1. The Bertz CT molecular complexity index is 1380. The second kappa shape index (κ2) is 10.3. The van der Waals surface area contributed by atoms with E-state index < -0.39 is 31.7 Å². The average molecular weight is 527 g/mol. The van der Waals surface area contributed by atoms with Crippen molar-refractivity contribution in [2.45, 2.75) is 24.9 Å². The third-order valence-corrected chi connectivity index (χ3v) is 6.00. The lowest BCUT2D eigenvalue weighted by Crippen LogP contribution is -2.16. The molecule has 0 aliphatic heterocycles. The van der Waals surface area contributed by atoms with E-state index >= 15 is 0 Å². The molecule has 0 saturated carbocycles. The van der Waals surface area contributed by atoms with Gasteiger partial charge in [-0.3, -0.25) is 9.52 Å². The van der Waals surface area contributed by atoms with Gasteiger partial charge >= 0.3 is 6.18 Å². The maximum atomic E-state index is 13.2. The number of anilines is 2. The summed E-state index contributed by atoms with van der Waals surface area (Å²) in [5.41, 5.74) is -0.838. The molecule has 0 aliphatic rings. The number of amides is 1. The van der Waals surface area contributed by atoms with Crippen molar-refractivity contribution in [1.29, 1.82) is 0 Å². The third kappa shape index (κ3) is 6.70. The lowest BCUT2D eigenvalue weighted by Gasteiger charge is -2.15. The van der Waals surface area contributed by atoms with Crippen LogP contribution in [0.3, 0.4) is 0 Å². The number of hydrogen-bond donors (Lipinski definition) is 2. The van der Waals surface area contributed by atoms with E-state index in [2.05, 4.69) is 20.0 Å². The number of alkyl halides is 3. The lowest BCUT2D eigenvalue weighted by atomic mass is 10.2. The first-order chi connectivity index (χ1) is 16.4. The predicted molar refractivity (Wildman–Crippen MR) is 124 cm³/mol. The molecule has 2 N–H and O–H groups in total. The molecule has 0 bridgehead atoms. The summed E-state index contributed by atoms with van der Waals surface area (Å²) >= 11 is 5.58. The van der Waals surface area contributed by atoms with E-state index in [1.807, 2.05) is 0 Å². The highest BCUT2D eigenvalue weighted by molar-refractivity contribution is 7.92. The number of allylic oxidation sites excluding steroid dienone is 1. The average Bonchev–Trinajstić information content (AvgIpc) is 2.76. The number of carbonyl (C=O) groups is 1. The van der Waals surface area contributed by atoms with Crippen LogP contribution >= 0.6 is 11.6 Å². The largest absolute Gasteiger partial charge is 0.435 e. The van der Waals surface area contributed by atoms with Crippen molar-refractivity contribution in [1.82, 2.24) is 9.97 Å². The number of nitrogens with zero attached hydrogens (tertiary/aromatic N) is 2. The molecule has 1 aromatic carbocycles. The summed E-state index contributed by atoms with van der Waals surface area (Å²) in [4.78, 5) is 19.0. The quantitative estimate of drug-likeness (QED) is 0.390. The standard InChI is InChI=1S/C22H18ClF3N4O4S/c1-3-4-20(31)29-19-8-5-14(12-27-19)34-21-18(9-13(2)11-28-21)30-35(32,33)15-6-7-17(23)16(10-15)22(24,25)26/h3-12,30H,1-2H3,(H,27,29,31)/b4-3+. The van der Waals surface area contributed by atoms with Gasteiger partial charge in [0.05, 0.1) is 21.7 Å². The van der Waals surface area contributed by atoms with Crippen molar-refractivity contribution in [2.24, 2.45) is 0 Å². The van der Waals surface area contributed by atoms with Crippen LogP contribution in [0.15, 0.2) is 65.8 Å². The summed E-state index contributed by atoms with van der Waals surface area (Å²) in [7, 11) is -4.47. The highest BCUT2D eigenvalue weighted by Gasteiger charge is 2.34. The molecule has 0 unspecified atom stereocenters. The van der Waals surface area contributed by atoms with E-state index in [9.17, 15) is 26.4 Å². The molecule has 35 heavy (non-hydrogen) atoms. The Morgan fingerprint density at radius 2 is 1.86 bits per heavy atom. The Labute approximate surface area is 203 Å². The molecule has 2 aromatic heterocycles. The number of nitrogens with one attached hydrogen (secondary N) is 2. The number of aromatic nitrogens is 2. The molecule has 1 amide bonds. The molecule has 0 spiro atoms. The summed E-state index contributed by atoms with van der Waals surface area (Å²) in [5.74, 6) is -0.128. The molecule has 0 fully saturated rings. The van der Waals surface area contributed by atoms with Crippen molar-refractivity contribution in [3.8, 4) is 11.6 Å². The maximum Gasteiger partial charge on any atom is 0.417 e. The topological polar surface area (TPSA) is 110 Å². The Balaban J connectivity index is 1.87. The SMILES string of the molecule is C/C=C/C(=O)Nc1ccc(Oc2ncc(C)cc2NS(=O)(=O)c2ccc(Cl)c(C(F)(F)F)c2)cn1. The van der Waals surface area contributed by atoms with Crippen molar-refractivity contribution in [3.63, 3.8) is 0 Å². The van der Waals surface area contributed by atoms with Crippen LogP contribution in [0.5, 0.6) is 11.6 Å². The zero-order chi connectivity index (χ0) is 25.8. The Hall–Kier alpha value is -3.64. The minimum atomic E-state index is -4.84. The molecule has 0 saturated heterocycles. The van der Waals surface area contributed by atoms with Crippen LogP contribution in [0.4, 0.5) is 24.7 Å². The first-order valence-electron chi connectivity index (χ1n) is 9.83. The molecule has 3 rings (SSSR count). The number of aryl methyl sites for hydroxylation is 1. The minimum absolute atomic E-state index is 0.112. The highest BCUT2D eigenvalue weighted by atomic mass is 35.5. The summed E-state index contributed by atoms with van der Waals surface area (Å²) in [6.07, 6.45) is 0.731. The van der Waals surface area contributed by atoms with E-state index in [4.69, 9.17) is 16.3 Å². The summed E-state index contributed by atoms with van der Waals surface area (Å²) in [6.45, 7) is 3.33. The number of halogens is 4. The summed E-state index contributed by atoms with van der Waals surface area (Å²) in [5, 5.41) is 1.90. The van der Waals surface area contributed by atoms with Crippen LogP contribution in [0.25, 0.3) is 0 Å². The Morgan fingerprint density at radius 3 is 2.49 bits per heavy atom. The van der Waals surface area contributed by atoms with Gasteiger partial charge in [0.2, 0.25) is 11.8 Å². The van der Waals surface area contributed by atoms with Crippen molar-refractivity contribution >= 4 is 39.0 Å². The van der Waals surface area contributed by atoms with Crippen molar-refractivity contribution in [2.75, 3.05) is 10.0 Å². The molecule has 184 valence electrons. The van der Waals surface area contributed by atoms with Gasteiger partial charge in [-0.15, -0.1) is 0 Å². The van der Waals surface area contributed by atoms with E-state index in [0.717, 1.165) is 12.1 Å². The van der Waals surface area contributed by atoms with Gasteiger partial charge in [-0.25, -0.2) is 18.4 Å². The van der Waals surface area contributed by atoms with Crippen LogP contribution in [0, 0.1) is 6.92 Å². The third-order valence-electron chi connectivity index (χ3n) is 4.31. The van der Waals surface area contributed by atoms with Crippen molar-refractivity contribution in [3.05, 3.63) is 77.1 Å². The molecule has 3 aromatic rings. The van der Waals surface area contributed by atoms with E-state index in [1.54, 1.807) is 19.9 Å². The normalized spacial score (nSPS) is 11.9. The van der Waals surface area contributed by atoms with Crippen LogP contribution in [-0.4, -0.2) is 24.3 Å². The number of ether oxygens (including phenoxy) is 1. The van der Waals surface area contributed by atoms with Gasteiger partial charge in [0.15, 0.2) is 0 Å². The molecule has 8 nitrogen and oxygen atoms in total. The molecule has 0 aliphatic carbocycles. The van der Waals surface area contributed by atoms with Gasteiger partial charge in [0.25, 0.3) is 10.0 Å². The van der Waals surface area contributed by atoms with Crippen LogP contribution in [0.2, 0.25) is 5.02 Å². The predicted octanol–water partition coefficient (Wildman–Crippen LogP) is 5.56. The summed E-state index contributed by atoms with van der Waals surface area (Å²) in [6, 6.07) is 6.58. The van der Waals surface area contributed by atoms with Gasteiger partial charge < -0.3 is 10.1 Å². The highest BCUT2D eigenvalue weighted by Crippen LogP contribution is 2.37. The van der Waals surface area contributed by atoms with Gasteiger partial charge in [-0.2, -0.15) is 13.2 Å². The van der Waals surface area contributed by atoms with Gasteiger partial charge in [-0.05, 0) is 61.9 Å². The molecular weight excluding hydrogens is 509 g/mol. The minimum Gasteiger partial charge on any atom is -0.435 e. The number of pyridine rings is 2. The monoisotopic (exact) mass is 526 g/mol. The van der Waals surface area contributed by atoms with Gasteiger partial charge in [-0.1, -0.05) is 17.7 Å². The maximum absolute atomic E-state index is 13.2. The molecule has 13 heteroatoms. The Morgan fingerprint density at radius 1 is 1.11 bits per heavy atom. The van der Waals surface area contributed by atoms with Crippen LogP contribution in [-0.2, 0) is 21.0 Å². The zero-order valence-electron chi connectivity index (χ0n) is 18.2. The fourth-order valence-electron chi connectivity index (χ4n) is 2.75. The second-order valence-corrected chi connectivity index (χ2v) is 9.17. The second-order valence-electron chi connectivity index (χ2n) is 7.08. The number of hydrogen-bond acceptors (Lipinski definition) is 6. The van der Waals surface area contributed by atoms with Gasteiger partial charge in [0.1, 0.15) is 17.3 Å². The van der Waals surface area contributed by atoms with E-state index in [0.29, 0.717) is 11.6 Å². The van der Waals surface area contributed by atoms with Gasteiger partial charge in [0, 0.05) is 6.20 Å². The van der Waals surface area contributed by atoms with E-state index in [1.165, 1.54) is 36.7 Å². The first kappa shape index (κ1) is 26.0. The van der Waals surface area contributed by atoms with Crippen LogP contribution in [0.1, 0.15) is 18.1 Å². The van der Waals surface area contributed by atoms with Crippen molar-refractivity contribution < 1.29 is 31.1 Å². The number of benzene rings is 1. The zero-order valence-corrected chi connectivity index (χ0v) is 19.8. The Kier molecular flexibility index (Phi) is 7.66. The van der Waals surface area contributed by atoms with E-state index in [-0.39, 0.29) is 29.0 Å².